The summed E-state index contributed by atoms with van der Waals surface area (Å²) in [6, 6.07) is 12.3. The average Bonchev–Trinajstić information content (AvgIpc) is 3.10. The van der Waals surface area contributed by atoms with Crippen LogP contribution in [0.1, 0.15) is 6.42 Å². The molecule has 2 fully saturated rings. The standard InChI is InChI=1S/C20H21N5O2/c26-15-7-10-24(11-15)19-20(22-9-8-21-19)27-16-12-25(13-16)18-6-5-14-3-1-2-4-17(14)23-18/h1-6,8-9,15-16,26H,7,10-13H2/t15-/m1/s1. The van der Waals surface area contributed by atoms with Gasteiger partial charge in [0.05, 0.1) is 24.7 Å². The van der Waals surface area contributed by atoms with Gasteiger partial charge in [0, 0.05) is 30.9 Å². The lowest BCUT2D eigenvalue weighted by Crippen LogP contribution is -2.54. The topological polar surface area (TPSA) is 74.6 Å². The number of fused-ring (bicyclic) bond motifs is 1. The first kappa shape index (κ1) is 16.3. The number of rotatable bonds is 4. The van der Waals surface area contributed by atoms with E-state index in [1.807, 2.05) is 23.1 Å². The maximum atomic E-state index is 9.78. The third-order valence-electron chi connectivity index (χ3n) is 5.14. The van der Waals surface area contributed by atoms with Crippen molar-refractivity contribution >= 4 is 22.5 Å². The van der Waals surface area contributed by atoms with Crippen LogP contribution in [0.5, 0.6) is 5.88 Å². The van der Waals surface area contributed by atoms with Gasteiger partial charge in [-0.1, -0.05) is 18.2 Å². The lowest BCUT2D eigenvalue weighted by molar-refractivity contribution is 0.160. The summed E-state index contributed by atoms with van der Waals surface area (Å²) in [6.45, 7) is 2.88. The van der Waals surface area contributed by atoms with Crippen LogP contribution in [0, 0.1) is 0 Å². The van der Waals surface area contributed by atoms with Crippen molar-refractivity contribution in [1.82, 2.24) is 15.0 Å². The maximum absolute atomic E-state index is 9.78. The summed E-state index contributed by atoms with van der Waals surface area (Å²) in [6.07, 6.45) is 3.81. The Morgan fingerprint density at radius 3 is 2.67 bits per heavy atom. The average molecular weight is 363 g/mol. The fraction of sp³-hybridized carbons (Fsp3) is 0.350. The molecule has 3 aromatic rings. The number of pyridine rings is 1. The quantitative estimate of drug-likeness (QED) is 0.758. The van der Waals surface area contributed by atoms with E-state index in [0.29, 0.717) is 12.4 Å². The van der Waals surface area contributed by atoms with Crippen LogP contribution < -0.4 is 14.5 Å². The fourth-order valence-corrected chi connectivity index (χ4v) is 3.64. The van der Waals surface area contributed by atoms with Crippen LogP contribution >= 0.6 is 0 Å². The molecule has 0 aliphatic carbocycles. The Labute approximate surface area is 157 Å². The van der Waals surface area contributed by atoms with E-state index in [2.05, 4.69) is 33.1 Å². The third-order valence-corrected chi connectivity index (χ3v) is 5.14. The van der Waals surface area contributed by atoms with Crippen LogP contribution in [0.15, 0.2) is 48.8 Å². The van der Waals surface area contributed by atoms with Crippen molar-refractivity contribution in [3.05, 3.63) is 48.8 Å². The van der Waals surface area contributed by atoms with Crippen molar-refractivity contribution in [2.45, 2.75) is 18.6 Å². The number of aliphatic hydroxyl groups excluding tert-OH is 1. The number of anilines is 2. The van der Waals surface area contributed by atoms with E-state index < -0.39 is 0 Å². The summed E-state index contributed by atoms with van der Waals surface area (Å²) >= 11 is 0. The largest absolute Gasteiger partial charge is 0.468 e. The Hall–Kier alpha value is -2.93. The Balaban J connectivity index is 1.26. The molecule has 0 unspecified atom stereocenters. The molecule has 7 heteroatoms. The van der Waals surface area contributed by atoms with Gasteiger partial charge in [0.2, 0.25) is 0 Å². The van der Waals surface area contributed by atoms with Crippen LogP contribution in [0.2, 0.25) is 0 Å². The summed E-state index contributed by atoms with van der Waals surface area (Å²) < 4.78 is 6.10. The summed E-state index contributed by atoms with van der Waals surface area (Å²) in [5, 5.41) is 10.9. The number of nitrogens with zero attached hydrogens (tertiary/aromatic N) is 5. The van der Waals surface area contributed by atoms with Gasteiger partial charge in [-0.2, -0.15) is 0 Å². The van der Waals surface area contributed by atoms with Crippen LogP contribution in [0.4, 0.5) is 11.6 Å². The summed E-state index contributed by atoms with van der Waals surface area (Å²) in [5.41, 5.74) is 1.00. The number of aliphatic hydroxyl groups is 1. The molecule has 2 aliphatic heterocycles. The van der Waals surface area contributed by atoms with E-state index >= 15 is 0 Å². The SMILES string of the molecule is O[C@@H]1CCN(c2nccnc2OC2CN(c3ccc4ccccc4n3)C2)C1. The molecule has 138 valence electrons. The number of ether oxygens (including phenoxy) is 1. The van der Waals surface area contributed by atoms with Gasteiger partial charge >= 0.3 is 0 Å². The van der Waals surface area contributed by atoms with Crippen LogP contribution in [-0.4, -0.2) is 58.4 Å². The summed E-state index contributed by atoms with van der Waals surface area (Å²) in [5.74, 6) is 2.23. The minimum absolute atomic E-state index is 0.0567. The van der Waals surface area contributed by atoms with Gasteiger partial charge in [-0.15, -0.1) is 0 Å². The van der Waals surface area contributed by atoms with Crippen LogP contribution in [0.25, 0.3) is 10.9 Å². The predicted molar refractivity (Wildman–Crippen MR) is 103 cm³/mol. The van der Waals surface area contributed by atoms with Crippen molar-refractivity contribution in [3.8, 4) is 5.88 Å². The molecule has 0 saturated carbocycles. The zero-order valence-electron chi connectivity index (χ0n) is 14.9. The number of para-hydroxylation sites is 1. The molecule has 0 amide bonds. The molecule has 1 atom stereocenters. The normalized spacial score (nSPS) is 20.1. The number of hydrogen-bond acceptors (Lipinski definition) is 7. The van der Waals surface area contributed by atoms with Gasteiger partial charge < -0.3 is 19.6 Å². The van der Waals surface area contributed by atoms with E-state index in [1.54, 1.807) is 12.4 Å². The maximum Gasteiger partial charge on any atom is 0.258 e. The van der Waals surface area contributed by atoms with Gasteiger partial charge in [0.25, 0.3) is 5.88 Å². The molecule has 4 heterocycles. The van der Waals surface area contributed by atoms with Crippen molar-refractivity contribution in [2.24, 2.45) is 0 Å². The summed E-state index contributed by atoms with van der Waals surface area (Å²) in [7, 11) is 0. The predicted octanol–water partition coefficient (Wildman–Crippen LogP) is 1.86. The Morgan fingerprint density at radius 1 is 0.963 bits per heavy atom. The van der Waals surface area contributed by atoms with Gasteiger partial charge in [-0.3, -0.25) is 0 Å². The molecule has 27 heavy (non-hydrogen) atoms. The molecule has 5 rings (SSSR count). The van der Waals surface area contributed by atoms with Crippen molar-refractivity contribution in [1.29, 1.82) is 0 Å². The number of aromatic nitrogens is 3. The molecule has 0 spiro atoms. The molecule has 1 N–H and O–H groups in total. The minimum Gasteiger partial charge on any atom is -0.468 e. The second kappa shape index (κ2) is 6.66. The van der Waals surface area contributed by atoms with E-state index in [4.69, 9.17) is 9.72 Å². The highest BCUT2D eigenvalue weighted by atomic mass is 16.5. The molecular weight excluding hydrogens is 342 g/mol. The van der Waals surface area contributed by atoms with E-state index in [-0.39, 0.29) is 12.2 Å². The molecule has 2 aromatic heterocycles. The van der Waals surface area contributed by atoms with E-state index in [0.717, 1.165) is 48.6 Å². The molecule has 7 nitrogen and oxygen atoms in total. The number of hydrogen-bond donors (Lipinski definition) is 1. The number of benzene rings is 1. The second-order valence-electron chi connectivity index (χ2n) is 7.08. The zero-order chi connectivity index (χ0) is 18.2. The van der Waals surface area contributed by atoms with Gasteiger partial charge in [-0.05, 0) is 24.6 Å². The van der Waals surface area contributed by atoms with Gasteiger partial charge in [-0.25, -0.2) is 15.0 Å². The zero-order valence-corrected chi connectivity index (χ0v) is 14.9. The summed E-state index contributed by atoms with van der Waals surface area (Å²) in [4.78, 5) is 17.8. The monoisotopic (exact) mass is 363 g/mol. The van der Waals surface area contributed by atoms with Gasteiger partial charge in [0.15, 0.2) is 5.82 Å². The number of β-amino-alcohol motifs (C(OH)–C–C–N with tert-alkyl or cyclic N) is 1. The fourth-order valence-electron chi connectivity index (χ4n) is 3.64. The first-order valence-electron chi connectivity index (χ1n) is 9.28. The highest BCUT2D eigenvalue weighted by molar-refractivity contribution is 5.80. The second-order valence-corrected chi connectivity index (χ2v) is 7.08. The Morgan fingerprint density at radius 2 is 1.81 bits per heavy atom. The highest BCUT2D eigenvalue weighted by Gasteiger charge is 2.32. The lowest BCUT2D eigenvalue weighted by Gasteiger charge is -2.39. The van der Waals surface area contributed by atoms with E-state index in [9.17, 15) is 5.11 Å². The molecule has 1 aromatic carbocycles. The van der Waals surface area contributed by atoms with Crippen molar-refractivity contribution < 1.29 is 9.84 Å². The molecule has 0 radical (unpaired) electrons. The Bertz CT molecular complexity index is 960. The van der Waals surface area contributed by atoms with Crippen LogP contribution in [0.3, 0.4) is 0 Å². The molecule has 2 aliphatic rings. The molecule has 0 bridgehead atoms. The minimum atomic E-state index is -0.307. The first-order chi connectivity index (χ1) is 13.3. The Kier molecular flexibility index (Phi) is 4.01. The smallest absolute Gasteiger partial charge is 0.258 e. The molecular formula is C20H21N5O2. The third kappa shape index (κ3) is 3.14. The van der Waals surface area contributed by atoms with Gasteiger partial charge in [0.1, 0.15) is 11.9 Å². The molecule has 2 saturated heterocycles. The lowest BCUT2D eigenvalue weighted by atomic mass is 10.1. The highest BCUT2D eigenvalue weighted by Crippen LogP contribution is 2.30. The van der Waals surface area contributed by atoms with Crippen molar-refractivity contribution in [3.63, 3.8) is 0 Å². The van der Waals surface area contributed by atoms with Crippen LogP contribution in [-0.2, 0) is 0 Å². The van der Waals surface area contributed by atoms with E-state index in [1.165, 1.54) is 0 Å². The first-order valence-corrected chi connectivity index (χ1v) is 9.28. The van der Waals surface area contributed by atoms with Crippen molar-refractivity contribution in [2.75, 3.05) is 36.0 Å².